The number of benzene rings is 1. The van der Waals surface area contributed by atoms with Gasteiger partial charge in [-0.1, -0.05) is 42.5 Å². The molecule has 2 unspecified atom stereocenters. The van der Waals surface area contributed by atoms with E-state index in [-0.39, 0.29) is 38.3 Å². The average molecular weight is 399 g/mol. The van der Waals surface area contributed by atoms with Crippen LogP contribution in [-0.4, -0.2) is 65.7 Å². The van der Waals surface area contributed by atoms with E-state index in [1.165, 1.54) is 35.2 Å². The van der Waals surface area contributed by atoms with Gasteiger partial charge in [0.05, 0.1) is 12.6 Å². The van der Waals surface area contributed by atoms with Crippen LogP contribution in [0.3, 0.4) is 0 Å². The van der Waals surface area contributed by atoms with Crippen molar-refractivity contribution >= 4 is 12.1 Å². The number of amides is 1. The van der Waals surface area contributed by atoms with E-state index in [4.69, 9.17) is 14.6 Å². The molecule has 2 atom stereocenters. The van der Waals surface area contributed by atoms with Crippen LogP contribution >= 0.6 is 0 Å². The number of aliphatic carboxylic acids is 1. The third-order valence-electron chi connectivity index (χ3n) is 4.21. The number of carboxylic acids is 1. The van der Waals surface area contributed by atoms with Crippen LogP contribution in [0.5, 0.6) is 0 Å². The zero-order chi connectivity index (χ0) is 20.6. The Bertz CT molecular complexity index is 682. The van der Waals surface area contributed by atoms with Gasteiger partial charge in [-0.2, -0.15) is 8.78 Å². The number of carbonyl (C=O) groups is 2. The van der Waals surface area contributed by atoms with Gasteiger partial charge in [0.25, 0.3) is 0 Å². The standard InChI is InChI=1S/C19H23F2NO6/c20-19(21,14-5-2-1-3-6-14)16(23)9-8-15-13-28-18(26)22(15)10-12-27-11-4-7-17(24)25/h1-3,5-6,8-9,15-16,23H,4,7,10-13H2,(H,24,25). The Balaban J connectivity index is 1.87. The maximum Gasteiger partial charge on any atom is 0.410 e. The average Bonchev–Trinajstić information content (AvgIpc) is 3.02. The first-order chi connectivity index (χ1) is 13.3. The molecule has 1 amide bonds. The molecule has 1 aliphatic heterocycles. The van der Waals surface area contributed by atoms with Crippen LogP contribution in [0, 0.1) is 0 Å². The fourth-order valence-corrected chi connectivity index (χ4v) is 2.66. The Kier molecular flexibility index (Phi) is 7.89. The number of hydrogen-bond donors (Lipinski definition) is 2. The maximum atomic E-state index is 14.3. The summed E-state index contributed by atoms with van der Waals surface area (Å²) in [5.74, 6) is -4.39. The Morgan fingerprint density at radius 1 is 1.36 bits per heavy atom. The van der Waals surface area contributed by atoms with Gasteiger partial charge in [0.2, 0.25) is 0 Å². The van der Waals surface area contributed by atoms with Crippen LogP contribution in [0.2, 0.25) is 0 Å². The number of alkyl halides is 2. The number of carbonyl (C=O) groups excluding carboxylic acids is 1. The van der Waals surface area contributed by atoms with Crippen LogP contribution < -0.4 is 0 Å². The largest absolute Gasteiger partial charge is 0.481 e. The van der Waals surface area contributed by atoms with E-state index >= 15 is 0 Å². The van der Waals surface area contributed by atoms with Crippen LogP contribution in [0.25, 0.3) is 0 Å². The van der Waals surface area contributed by atoms with Crippen LogP contribution in [0.4, 0.5) is 13.6 Å². The number of rotatable bonds is 11. The quantitative estimate of drug-likeness (QED) is 0.438. The van der Waals surface area contributed by atoms with E-state index in [1.54, 1.807) is 6.07 Å². The summed E-state index contributed by atoms with van der Waals surface area (Å²) in [5.41, 5.74) is -0.308. The Labute approximate surface area is 161 Å². The van der Waals surface area contributed by atoms with Crippen molar-refractivity contribution in [3.05, 3.63) is 48.0 Å². The number of aliphatic hydroxyl groups excluding tert-OH is 1. The first kappa shape index (κ1) is 21.8. The highest BCUT2D eigenvalue weighted by Crippen LogP contribution is 2.32. The molecule has 1 aliphatic rings. The summed E-state index contributed by atoms with van der Waals surface area (Å²) in [6.07, 6.45) is -0.0427. The summed E-state index contributed by atoms with van der Waals surface area (Å²) in [6.45, 7) is 0.531. The smallest absolute Gasteiger partial charge is 0.410 e. The minimum atomic E-state index is -3.47. The molecule has 1 aromatic carbocycles. The Morgan fingerprint density at radius 3 is 2.75 bits per heavy atom. The third kappa shape index (κ3) is 6.00. The molecule has 1 heterocycles. The van der Waals surface area contributed by atoms with Gasteiger partial charge in [-0.05, 0) is 6.42 Å². The molecule has 0 bridgehead atoms. The fraction of sp³-hybridized carbons (Fsp3) is 0.474. The van der Waals surface area contributed by atoms with Gasteiger partial charge < -0.3 is 19.7 Å². The summed E-state index contributed by atoms with van der Waals surface area (Å²) in [7, 11) is 0. The van der Waals surface area contributed by atoms with Crippen molar-refractivity contribution in [2.45, 2.75) is 30.9 Å². The number of halogens is 2. The van der Waals surface area contributed by atoms with E-state index in [1.807, 2.05) is 0 Å². The molecule has 1 aromatic rings. The zero-order valence-corrected chi connectivity index (χ0v) is 15.2. The molecule has 28 heavy (non-hydrogen) atoms. The third-order valence-corrected chi connectivity index (χ3v) is 4.21. The van der Waals surface area contributed by atoms with Gasteiger partial charge >= 0.3 is 18.0 Å². The highest BCUT2D eigenvalue weighted by Gasteiger charge is 2.39. The highest BCUT2D eigenvalue weighted by molar-refractivity contribution is 5.70. The van der Waals surface area contributed by atoms with E-state index < -0.39 is 30.1 Å². The lowest BCUT2D eigenvalue weighted by molar-refractivity contribution is -0.137. The molecule has 1 fully saturated rings. The predicted octanol–water partition coefficient (Wildman–Crippen LogP) is 2.40. The minimum Gasteiger partial charge on any atom is -0.481 e. The predicted molar refractivity (Wildman–Crippen MR) is 95.0 cm³/mol. The van der Waals surface area contributed by atoms with Gasteiger partial charge in [0.15, 0.2) is 0 Å². The molecule has 0 aliphatic carbocycles. The summed E-state index contributed by atoms with van der Waals surface area (Å²) in [4.78, 5) is 23.5. The fourth-order valence-electron chi connectivity index (χ4n) is 2.66. The number of aliphatic hydroxyl groups is 1. The van der Waals surface area contributed by atoms with Crippen molar-refractivity contribution in [2.24, 2.45) is 0 Å². The van der Waals surface area contributed by atoms with Gasteiger partial charge in [-0.3, -0.25) is 9.69 Å². The number of nitrogens with zero attached hydrogens (tertiary/aromatic N) is 1. The molecule has 0 saturated carbocycles. The molecule has 0 radical (unpaired) electrons. The van der Waals surface area contributed by atoms with Crippen molar-refractivity contribution < 1.29 is 38.1 Å². The second-order valence-corrected chi connectivity index (χ2v) is 6.27. The number of carboxylic acid groups (broad SMARTS) is 1. The summed E-state index contributed by atoms with van der Waals surface area (Å²) in [6, 6.07) is 6.38. The van der Waals surface area contributed by atoms with Crippen molar-refractivity contribution in [3.8, 4) is 0 Å². The van der Waals surface area contributed by atoms with Gasteiger partial charge in [-0.25, -0.2) is 4.79 Å². The monoisotopic (exact) mass is 399 g/mol. The lowest BCUT2D eigenvalue weighted by atomic mass is 10.0. The van der Waals surface area contributed by atoms with Gasteiger partial charge in [-0.15, -0.1) is 0 Å². The molecule has 9 heteroatoms. The molecular weight excluding hydrogens is 376 g/mol. The SMILES string of the molecule is O=C(O)CCCOCCN1C(=O)OCC1C=CC(O)C(F)(F)c1ccccc1. The lowest BCUT2D eigenvalue weighted by Gasteiger charge is -2.22. The van der Waals surface area contributed by atoms with E-state index in [2.05, 4.69) is 0 Å². The molecule has 0 aromatic heterocycles. The molecule has 1 saturated heterocycles. The van der Waals surface area contributed by atoms with E-state index in [9.17, 15) is 23.5 Å². The molecular formula is C19H23F2NO6. The summed E-state index contributed by atoms with van der Waals surface area (Å²) < 4.78 is 38.8. The second kappa shape index (κ2) is 10.1. The van der Waals surface area contributed by atoms with E-state index in [0.29, 0.717) is 6.42 Å². The van der Waals surface area contributed by atoms with E-state index in [0.717, 1.165) is 6.08 Å². The Hall–Kier alpha value is -2.52. The van der Waals surface area contributed by atoms with Gasteiger partial charge in [0.1, 0.15) is 12.7 Å². The van der Waals surface area contributed by atoms with Crippen molar-refractivity contribution in [1.29, 1.82) is 0 Å². The van der Waals surface area contributed by atoms with Crippen molar-refractivity contribution in [1.82, 2.24) is 4.90 Å². The first-order valence-electron chi connectivity index (χ1n) is 8.85. The summed E-state index contributed by atoms with van der Waals surface area (Å²) >= 11 is 0. The topological polar surface area (TPSA) is 96.3 Å². The number of hydrogen-bond acceptors (Lipinski definition) is 5. The molecule has 7 nitrogen and oxygen atoms in total. The molecule has 2 N–H and O–H groups in total. The van der Waals surface area contributed by atoms with Crippen LogP contribution in [0.1, 0.15) is 18.4 Å². The summed E-state index contributed by atoms with van der Waals surface area (Å²) in [5, 5.41) is 18.4. The highest BCUT2D eigenvalue weighted by atomic mass is 19.3. The van der Waals surface area contributed by atoms with Crippen LogP contribution in [-0.2, 0) is 20.2 Å². The molecule has 0 spiro atoms. The second-order valence-electron chi connectivity index (χ2n) is 6.27. The zero-order valence-electron chi connectivity index (χ0n) is 15.2. The maximum absolute atomic E-state index is 14.3. The molecule has 2 rings (SSSR count). The number of ether oxygens (including phenoxy) is 2. The normalized spacial score (nSPS) is 18.5. The van der Waals surface area contributed by atoms with Crippen molar-refractivity contribution in [3.63, 3.8) is 0 Å². The number of cyclic esters (lactones) is 1. The first-order valence-corrected chi connectivity index (χ1v) is 8.85. The minimum absolute atomic E-state index is 0.00929. The molecule has 154 valence electrons. The lowest BCUT2D eigenvalue weighted by Crippen LogP contribution is -2.36. The van der Waals surface area contributed by atoms with Gasteiger partial charge in [0, 0.05) is 25.1 Å². The van der Waals surface area contributed by atoms with Crippen molar-refractivity contribution in [2.75, 3.05) is 26.4 Å². The Morgan fingerprint density at radius 2 is 2.07 bits per heavy atom. The van der Waals surface area contributed by atoms with Crippen LogP contribution in [0.15, 0.2) is 42.5 Å².